The molecule has 1 aromatic heterocycles. The highest BCUT2D eigenvalue weighted by atomic mass is 16.5. The van der Waals surface area contributed by atoms with E-state index in [0.717, 1.165) is 49.7 Å². The van der Waals surface area contributed by atoms with Crippen LogP contribution in [0, 0.1) is 12.8 Å². The number of fused-ring (bicyclic) bond motifs is 2. The topological polar surface area (TPSA) is 74.9 Å². The summed E-state index contributed by atoms with van der Waals surface area (Å²) in [7, 11) is 4.13. The molecule has 4 aliphatic heterocycles. The first-order chi connectivity index (χ1) is 21.4. The molecule has 5 heterocycles. The van der Waals surface area contributed by atoms with Crippen molar-refractivity contribution in [1.82, 2.24) is 14.8 Å². The summed E-state index contributed by atoms with van der Waals surface area (Å²) in [6.07, 6.45) is 5.31. The first-order valence-corrected chi connectivity index (χ1v) is 15.8. The SMILES string of the molecule is Cc1ccccc1C(OCCN(C)C)c1ccccc1.O=C(O[C@@H]1C[C@@H]2C[C@@H]3C[C@H](C1)N2CC3=O)c1c[nH]c2ccccc12. The molecule has 44 heavy (non-hydrogen) atoms. The second kappa shape index (κ2) is 13.5. The number of ether oxygens (including phenoxy) is 2. The van der Waals surface area contributed by atoms with Crippen molar-refractivity contribution in [3.63, 3.8) is 0 Å². The van der Waals surface area contributed by atoms with Crippen LogP contribution in [-0.4, -0.2) is 78.5 Å². The van der Waals surface area contributed by atoms with Crippen LogP contribution in [0.4, 0.5) is 0 Å². The maximum absolute atomic E-state index is 12.6. The number of rotatable bonds is 8. The highest BCUT2D eigenvalue weighted by Gasteiger charge is 2.49. The van der Waals surface area contributed by atoms with Gasteiger partial charge in [-0.25, -0.2) is 4.79 Å². The van der Waals surface area contributed by atoms with Gasteiger partial charge >= 0.3 is 5.97 Å². The lowest BCUT2D eigenvalue weighted by Crippen LogP contribution is -2.63. The van der Waals surface area contributed by atoms with Gasteiger partial charge in [0.15, 0.2) is 0 Å². The molecule has 4 saturated heterocycles. The molecular formula is C37H43N3O4. The third-order valence-corrected chi connectivity index (χ3v) is 9.39. The quantitative estimate of drug-likeness (QED) is 0.246. The number of aromatic nitrogens is 1. The normalized spacial score (nSPS) is 24.5. The van der Waals surface area contributed by atoms with E-state index in [1.54, 1.807) is 6.20 Å². The molecule has 0 radical (unpaired) electrons. The van der Waals surface area contributed by atoms with Gasteiger partial charge in [-0.2, -0.15) is 0 Å². The molecule has 7 heteroatoms. The number of para-hydroxylation sites is 1. The zero-order valence-corrected chi connectivity index (χ0v) is 25.9. The predicted molar refractivity (Wildman–Crippen MR) is 173 cm³/mol. The monoisotopic (exact) mass is 593 g/mol. The van der Waals surface area contributed by atoms with Crippen LogP contribution in [0.25, 0.3) is 10.9 Å². The number of ketones is 1. The molecule has 3 aromatic carbocycles. The molecule has 230 valence electrons. The Morgan fingerprint density at radius 1 is 0.932 bits per heavy atom. The number of Topliss-reactive ketones (excluding diaryl/α,β-unsaturated/α-hetero) is 1. The molecule has 7 nitrogen and oxygen atoms in total. The molecule has 6 atom stereocenters. The van der Waals surface area contributed by atoms with E-state index in [0.29, 0.717) is 30.0 Å². The van der Waals surface area contributed by atoms with Crippen LogP contribution < -0.4 is 0 Å². The fourth-order valence-corrected chi connectivity index (χ4v) is 7.10. The van der Waals surface area contributed by atoms with E-state index in [1.807, 2.05) is 30.3 Å². The number of nitrogens with zero attached hydrogens (tertiary/aromatic N) is 2. The van der Waals surface area contributed by atoms with E-state index in [4.69, 9.17) is 9.47 Å². The van der Waals surface area contributed by atoms with Crippen LogP contribution in [0.15, 0.2) is 85.1 Å². The number of H-pyrrole nitrogens is 1. The Hall–Kier alpha value is -3.78. The van der Waals surface area contributed by atoms with Gasteiger partial charge in [-0.05, 0) is 56.6 Å². The van der Waals surface area contributed by atoms with Crippen molar-refractivity contribution in [2.75, 3.05) is 33.8 Å². The van der Waals surface area contributed by atoms with Gasteiger partial charge < -0.3 is 19.4 Å². The fraction of sp³-hybridized carbons (Fsp3) is 0.405. The summed E-state index contributed by atoms with van der Waals surface area (Å²) in [6, 6.07) is 27.5. The Morgan fingerprint density at radius 2 is 1.61 bits per heavy atom. The largest absolute Gasteiger partial charge is 0.459 e. The van der Waals surface area contributed by atoms with Crippen LogP contribution in [0.2, 0.25) is 0 Å². The molecule has 4 aromatic rings. The zero-order valence-electron chi connectivity index (χ0n) is 25.9. The highest BCUT2D eigenvalue weighted by Crippen LogP contribution is 2.42. The number of aromatic amines is 1. The lowest BCUT2D eigenvalue weighted by atomic mass is 9.72. The van der Waals surface area contributed by atoms with Crippen molar-refractivity contribution in [2.45, 2.75) is 56.9 Å². The van der Waals surface area contributed by atoms with E-state index in [1.165, 1.54) is 16.7 Å². The molecular weight excluding hydrogens is 550 g/mol. The molecule has 2 unspecified atom stereocenters. The Morgan fingerprint density at radius 3 is 2.32 bits per heavy atom. The van der Waals surface area contributed by atoms with Gasteiger partial charge in [-0.15, -0.1) is 0 Å². The summed E-state index contributed by atoms with van der Waals surface area (Å²) in [5, 5.41) is 0.909. The molecule has 8 rings (SSSR count). The number of hydrogen-bond acceptors (Lipinski definition) is 6. The average Bonchev–Trinajstić information content (AvgIpc) is 3.45. The minimum atomic E-state index is -0.242. The number of piperidine rings is 4. The summed E-state index contributed by atoms with van der Waals surface area (Å²) < 4.78 is 12.0. The van der Waals surface area contributed by atoms with Crippen LogP contribution in [-0.2, 0) is 14.3 Å². The Kier molecular flexibility index (Phi) is 9.26. The number of carbonyl (C=O) groups is 2. The number of carbonyl (C=O) groups excluding carboxylic acids is 2. The third kappa shape index (κ3) is 6.65. The van der Waals surface area contributed by atoms with Crippen molar-refractivity contribution in [3.8, 4) is 0 Å². The number of esters is 1. The number of hydrogen-bond donors (Lipinski definition) is 1. The Labute approximate surface area is 260 Å². The minimum Gasteiger partial charge on any atom is -0.459 e. The highest BCUT2D eigenvalue weighted by molar-refractivity contribution is 6.04. The number of nitrogens with one attached hydrogen (secondary N) is 1. The van der Waals surface area contributed by atoms with Crippen LogP contribution >= 0.6 is 0 Å². The van der Waals surface area contributed by atoms with Gasteiger partial charge in [0.05, 0.1) is 18.7 Å². The Bertz CT molecular complexity index is 1570. The fourth-order valence-electron chi connectivity index (χ4n) is 7.10. The van der Waals surface area contributed by atoms with Gasteiger partial charge in [0, 0.05) is 54.5 Å². The van der Waals surface area contributed by atoms with Gasteiger partial charge in [0.1, 0.15) is 18.0 Å². The van der Waals surface area contributed by atoms with E-state index in [9.17, 15) is 9.59 Å². The van der Waals surface area contributed by atoms with Crippen LogP contribution in [0.3, 0.4) is 0 Å². The van der Waals surface area contributed by atoms with E-state index >= 15 is 0 Å². The van der Waals surface area contributed by atoms with Crippen molar-refractivity contribution >= 4 is 22.7 Å². The van der Waals surface area contributed by atoms with Gasteiger partial charge in [0.2, 0.25) is 0 Å². The lowest BCUT2D eigenvalue weighted by Gasteiger charge is -2.54. The number of benzene rings is 3. The van der Waals surface area contributed by atoms with Crippen molar-refractivity contribution < 1.29 is 19.1 Å². The summed E-state index contributed by atoms with van der Waals surface area (Å²) in [4.78, 5) is 32.1. The van der Waals surface area contributed by atoms with E-state index < -0.39 is 0 Å². The van der Waals surface area contributed by atoms with Crippen LogP contribution in [0.5, 0.6) is 0 Å². The molecule has 0 amide bonds. The van der Waals surface area contributed by atoms with Gasteiger partial charge in [-0.3, -0.25) is 9.69 Å². The molecule has 0 spiro atoms. The second-order valence-corrected chi connectivity index (χ2v) is 12.7. The van der Waals surface area contributed by atoms with Crippen molar-refractivity contribution in [1.29, 1.82) is 0 Å². The minimum absolute atomic E-state index is 0.0114. The average molecular weight is 594 g/mol. The second-order valence-electron chi connectivity index (χ2n) is 12.7. The predicted octanol–water partition coefficient (Wildman–Crippen LogP) is 6.18. The summed E-state index contributed by atoms with van der Waals surface area (Å²) in [5.41, 5.74) is 5.29. The van der Waals surface area contributed by atoms with Crippen molar-refractivity contribution in [2.24, 2.45) is 5.92 Å². The smallest absolute Gasteiger partial charge is 0.340 e. The third-order valence-electron chi connectivity index (χ3n) is 9.39. The lowest BCUT2D eigenvalue weighted by molar-refractivity contribution is -0.145. The molecule has 1 N–H and O–H groups in total. The Balaban J connectivity index is 0.000000159. The van der Waals surface area contributed by atoms with Gasteiger partial charge in [-0.1, -0.05) is 72.8 Å². The molecule has 0 saturated carbocycles. The maximum atomic E-state index is 12.6. The maximum Gasteiger partial charge on any atom is 0.340 e. The molecule has 4 fully saturated rings. The standard InChI is InChI=1S/C19H20N2O3.C18H23NO/c22-18-10-21-12-5-11(18)6-13(21)8-14(7-12)24-19(23)16-9-20-17-4-2-1-3-15(16)17;1-15-9-7-8-12-17(15)18(20-14-13-19(2)3)16-10-5-4-6-11-16/h1-4,9,11-14,20H,5-8,10H2;4-12,18H,13-14H2,1-3H3/t11-,12+,13-,14-;. The van der Waals surface area contributed by atoms with E-state index in [-0.39, 0.29) is 24.1 Å². The number of likely N-dealkylation sites (N-methyl/N-ethyl adjacent to an activating group) is 1. The first-order valence-electron chi connectivity index (χ1n) is 15.8. The van der Waals surface area contributed by atoms with Crippen LogP contribution in [0.1, 0.15) is 58.8 Å². The van der Waals surface area contributed by atoms with E-state index in [2.05, 4.69) is 84.3 Å². The summed E-state index contributed by atoms with van der Waals surface area (Å²) in [6.45, 7) is 4.39. The first kappa shape index (κ1) is 30.3. The van der Waals surface area contributed by atoms with Crippen molar-refractivity contribution in [3.05, 3.63) is 107 Å². The molecule has 4 bridgehead atoms. The summed E-state index contributed by atoms with van der Waals surface area (Å²) >= 11 is 0. The number of aryl methyl sites for hydroxylation is 1. The zero-order chi connectivity index (χ0) is 30.6. The van der Waals surface area contributed by atoms with Gasteiger partial charge in [0.25, 0.3) is 0 Å². The summed E-state index contributed by atoms with van der Waals surface area (Å²) in [5.74, 6) is 0.403. The molecule has 4 aliphatic rings. The molecule has 0 aliphatic carbocycles.